The standard InChI is InChI=1S/C11H20ClNO/c1-9-5-6-10(8-9)13-11(14)4-2-3-7-12/h9-10H,2-8H2,1H3,(H,13,14). The normalized spacial score (nSPS) is 26.4. The lowest BCUT2D eigenvalue weighted by atomic mass is 10.1. The predicted molar refractivity (Wildman–Crippen MR) is 59.5 cm³/mol. The lowest BCUT2D eigenvalue weighted by Crippen LogP contribution is -2.32. The molecule has 1 aliphatic rings. The third-order valence-electron chi connectivity index (χ3n) is 2.85. The number of rotatable bonds is 5. The largest absolute Gasteiger partial charge is 0.353 e. The minimum atomic E-state index is 0.203. The van der Waals surface area contributed by atoms with Crippen LogP contribution in [0.2, 0.25) is 0 Å². The average molecular weight is 218 g/mol. The molecular formula is C11H20ClNO. The van der Waals surface area contributed by atoms with Crippen LogP contribution < -0.4 is 5.32 Å². The highest BCUT2D eigenvalue weighted by molar-refractivity contribution is 6.17. The zero-order valence-electron chi connectivity index (χ0n) is 8.89. The number of carbonyl (C=O) groups excluding carboxylic acids is 1. The Labute approximate surface area is 91.4 Å². The first kappa shape index (κ1) is 11.8. The molecule has 82 valence electrons. The summed E-state index contributed by atoms with van der Waals surface area (Å²) >= 11 is 5.54. The van der Waals surface area contributed by atoms with Crippen molar-refractivity contribution in [2.75, 3.05) is 5.88 Å². The Kier molecular flexibility index (Phi) is 5.31. The van der Waals surface area contributed by atoms with Crippen molar-refractivity contribution in [2.45, 2.75) is 51.5 Å². The van der Waals surface area contributed by atoms with Crippen molar-refractivity contribution in [3.05, 3.63) is 0 Å². The fraction of sp³-hybridized carbons (Fsp3) is 0.909. The van der Waals surface area contributed by atoms with Crippen molar-refractivity contribution < 1.29 is 4.79 Å². The first-order valence-corrected chi connectivity index (χ1v) is 6.11. The number of nitrogens with one attached hydrogen (secondary N) is 1. The van der Waals surface area contributed by atoms with Crippen molar-refractivity contribution in [2.24, 2.45) is 5.92 Å². The van der Waals surface area contributed by atoms with Gasteiger partial charge in [0.1, 0.15) is 0 Å². The summed E-state index contributed by atoms with van der Waals surface area (Å²) in [5, 5.41) is 3.09. The number of carbonyl (C=O) groups is 1. The zero-order valence-corrected chi connectivity index (χ0v) is 9.65. The van der Waals surface area contributed by atoms with Gasteiger partial charge in [-0.25, -0.2) is 0 Å². The highest BCUT2D eigenvalue weighted by Gasteiger charge is 2.22. The Hall–Kier alpha value is -0.240. The number of halogens is 1. The number of hydrogen-bond acceptors (Lipinski definition) is 1. The summed E-state index contributed by atoms with van der Waals surface area (Å²) in [7, 11) is 0. The maximum absolute atomic E-state index is 11.4. The van der Waals surface area contributed by atoms with Crippen LogP contribution >= 0.6 is 11.6 Å². The third kappa shape index (κ3) is 4.32. The van der Waals surface area contributed by atoms with Crippen molar-refractivity contribution in [3.8, 4) is 0 Å². The Morgan fingerprint density at radius 1 is 1.43 bits per heavy atom. The summed E-state index contributed by atoms with van der Waals surface area (Å²) in [6.45, 7) is 2.25. The van der Waals surface area contributed by atoms with Gasteiger partial charge in [-0.05, 0) is 38.0 Å². The van der Waals surface area contributed by atoms with Gasteiger partial charge in [-0.3, -0.25) is 4.79 Å². The molecule has 0 radical (unpaired) electrons. The highest BCUT2D eigenvalue weighted by atomic mass is 35.5. The van der Waals surface area contributed by atoms with E-state index in [4.69, 9.17) is 11.6 Å². The maximum atomic E-state index is 11.4. The smallest absolute Gasteiger partial charge is 0.220 e. The van der Waals surface area contributed by atoms with Gasteiger partial charge in [-0.15, -0.1) is 11.6 Å². The van der Waals surface area contributed by atoms with Gasteiger partial charge in [0, 0.05) is 18.3 Å². The van der Waals surface area contributed by atoms with E-state index in [-0.39, 0.29) is 5.91 Å². The van der Waals surface area contributed by atoms with Gasteiger partial charge in [0.15, 0.2) is 0 Å². The van der Waals surface area contributed by atoms with E-state index in [1.165, 1.54) is 6.42 Å². The second-order valence-electron chi connectivity index (χ2n) is 4.33. The van der Waals surface area contributed by atoms with Crippen molar-refractivity contribution in [3.63, 3.8) is 0 Å². The molecule has 3 heteroatoms. The number of unbranched alkanes of at least 4 members (excludes halogenated alkanes) is 1. The Morgan fingerprint density at radius 2 is 2.21 bits per heavy atom. The molecule has 2 unspecified atom stereocenters. The molecule has 1 amide bonds. The lowest BCUT2D eigenvalue weighted by molar-refractivity contribution is -0.121. The molecule has 0 bridgehead atoms. The molecule has 1 saturated carbocycles. The second kappa shape index (κ2) is 6.28. The summed E-state index contributed by atoms with van der Waals surface area (Å²) in [5.74, 6) is 1.64. The molecule has 0 saturated heterocycles. The third-order valence-corrected chi connectivity index (χ3v) is 3.11. The second-order valence-corrected chi connectivity index (χ2v) is 4.71. The Balaban J connectivity index is 2.08. The molecule has 1 N–H and O–H groups in total. The van der Waals surface area contributed by atoms with Gasteiger partial charge in [0.2, 0.25) is 5.91 Å². The van der Waals surface area contributed by atoms with E-state index in [0.717, 1.165) is 31.6 Å². The van der Waals surface area contributed by atoms with Crippen LogP contribution in [0.4, 0.5) is 0 Å². The van der Waals surface area contributed by atoms with Gasteiger partial charge in [-0.1, -0.05) is 6.92 Å². The summed E-state index contributed by atoms with van der Waals surface area (Å²) < 4.78 is 0. The van der Waals surface area contributed by atoms with E-state index in [1.807, 2.05) is 0 Å². The molecule has 0 aliphatic heterocycles. The van der Waals surface area contributed by atoms with E-state index >= 15 is 0 Å². The number of hydrogen-bond donors (Lipinski definition) is 1. The average Bonchev–Trinajstić information content (AvgIpc) is 2.52. The molecule has 0 spiro atoms. The number of amides is 1. The fourth-order valence-corrected chi connectivity index (χ4v) is 2.21. The van der Waals surface area contributed by atoms with E-state index in [1.54, 1.807) is 0 Å². The van der Waals surface area contributed by atoms with E-state index in [0.29, 0.717) is 18.3 Å². The minimum absolute atomic E-state index is 0.203. The first-order valence-electron chi connectivity index (χ1n) is 5.57. The molecule has 1 fully saturated rings. The monoisotopic (exact) mass is 217 g/mol. The van der Waals surface area contributed by atoms with Crippen LogP contribution in [0, 0.1) is 5.92 Å². The molecule has 0 aromatic rings. The molecule has 0 heterocycles. The molecule has 0 aromatic heterocycles. The quantitative estimate of drug-likeness (QED) is 0.557. The van der Waals surface area contributed by atoms with Crippen LogP contribution in [-0.2, 0) is 4.79 Å². The predicted octanol–water partition coefficient (Wildman–Crippen LogP) is 2.70. The zero-order chi connectivity index (χ0) is 10.4. The Morgan fingerprint density at radius 3 is 2.79 bits per heavy atom. The van der Waals surface area contributed by atoms with Crippen molar-refractivity contribution >= 4 is 17.5 Å². The summed E-state index contributed by atoms with van der Waals surface area (Å²) in [5.41, 5.74) is 0. The maximum Gasteiger partial charge on any atom is 0.220 e. The molecule has 14 heavy (non-hydrogen) atoms. The summed E-state index contributed by atoms with van der Waals surface area (Å²) in [4.78, 5) is 11.4. The molecule has 2 atom stereocenters. The lowest BCUT2D eigenvalue weighted by Gasteiger charge is -2.11. The fourth-order valence-electron chi connectivity index (χ4n) is 2.02. The van der Waals surface area contributed by atoms with E-state index < -0.39 is 0 Å². The summed E-state index contributed by atoms with van der Waals surface area (Å²) in [6.07, 6.45) is 6.06. The SMILES string of the molecule is CC1CCC(NC(=O)CCCCCl)C1. The van der Waals surface area contributed by atoms with E-state index in [9.17, 15) is 4.79 Å². The van der Waals surface area contributed by atoms with E-state index in [2.05, 4.69) is 12.2 Å². The Bertz CT molecular complexity index is 184. The topological polar surface area (TPSA) is 29.1 Å². The van der Waals surface area contributed by atoms with Crippen LogP contribution in [0.15, 0.2) is 0 Å². The minimum Gasteiger partial charge on any atom is -0.353 e. The van der Waals surface area contributed by atoms with Crippen molar-refractivity contribution in [1.82, 2.24) is 5.32 Å². The van der Waals surface area contributed by atoms with Gasteiger partial charge in [0.05, 0.1) is 0 Å². The van der Waals surface area contributed by atoms with Gasteiger partial charge in [-0.2, -0.15) is 0 Å². The number of alkyl halides is 1. The van der Waals surface area contributed by atoms with Crippen LogP contribution in [0.1, 0.15) is 45.4 Å². The molecule has 2 nitrogen and oxygen atoms in total. The van der Waals surface area contributed by atoms with Crippen LogP contribution in [-0.4, -0.2) is 17.8 Å². The van der Waals surface area contributed by atoms with Crippen LogP contribution in [0.5, 0.6) is 0 Å². The highest BCUT2D eigenvalue weighted by Crippen LogP contribution is 2.24. The molecule has 0 aromatic carbocycles. The first-order chi connectivity index (χ1) is 6.72. The van der Waals surface area contributed by atoms with Gasteiger partial charge < -0.3 is 5.32 Å². The molecular weight excluding hydrogens is 198 g/mol. The molecule has 1 aliphatic carbocycles. The van der Waals surface area contributed by atoms with Crippen molar-refractivity contribution in [1.29, 1.82) is 0 Å². The van der Waals surface area contributed by atoms with Crippen LogP contribution in [0.3, 0.4) is 0 Å². The summed E-state index contributed by atoms with van der Waals surface area (Å²) in [6, 6.07) is 0.438. The van der Waals surface area contributed by atoms with Gasteiger partial charge >= 0.3 is 0 Å². The molecule has 1 rings (SSSR count). The van der Waals surface area contributed by atoms with Gasteiger partial charge in [0.25, 0.3) is 0 Å². The van der Waals surface area contributed by atoms with Crippen LogP contribution in [0.25, 0.3) is 0 Å².